The Morgan fingerprint density at radius 3 is 2.43 bits per heavy atom. The number of carboxylic acid groups (broad SMARTS) is 1. The van der Waals surface area contributed by atoms with Crippen molar-refractivity contribution in [1.82, 2.24) is 0 Å². The molecule has 0 fully saturated rings. The van der Waals surface area contributed by atoms with Crippen LogP contribution in [0.15, 0.2) is 28.7 Å². The summed E-state index contributed by atoms with van der Waals surface area (Å²) in [5.41, 5.74) is 0.964. The van der Waals surface area contributed by atoms with Gasteiger partial charge in [-0.1, -0.05) is 16.5 Å². The number of hydrogen-bond donors (Lipinski definition) is 1. The molecule has 2 atom stereocenters. The van der Waals surface area contributed by atoms with E-state index in [-0.39, 0.29) is 12.8 Å². The Morgan fingerprint density at radius 1 is 1.43 bits per heavy atom. The minimum atomic E-state index is -1.54. The fourth-order valence-electron chi connectivity index (χ4n) is 1.65. The van der Waals surface area contributed by atoms with E-state index in [1.807, 2.05) is 0 Å². The smallest absolute Gasteiger partial charge is 0.320 e. The van der Waals surface area contributed by atoms with Crippen molar-refractivity contribution in [1.29, 1.82) is 5.26 Å². The first kappa shape index (κ1) is 19.1. The second-order valence-corrected chi connectivity index (χ2v) is 7.87. The van der Waals surface area contributed by atoms with E-state index in [2.05, 4.69) is 4.40 Å². The largest absolute Gasteiger partial charge is 0.591 e. The van der Waals surface area contributed by atoms with E-state index in [9.17, 15) is 13.7 Å². The van der Waals surface area contributed by atoms with Gasteiger partial charge in [-0.05, 0) is 45.7 Å². The molecule has 0 amide bonds. The first-order valence-electron chi connectivity index (χ1n) is 7.03. The molecule has 2 unspecified atom stereocenters. The van der Waals surface area contributed by atoms with Crippen LogP contribution in [-0.2, 0) is 16.2 Å². The van der Waals surface area contributed by atoms with Crippen LogP contribution in [0.1, 0.15) is 39.2 Å². The van der Waals surface area contributed by atoms with Crippen LogP contribution in [0.25, 0.3) is 0 Å². The average Bonchev–Trinajstić information content (AvgIpc) is 2.46. The normalized spacial score (nSPS) is 14.9. The Balaban J connectivity index is 3.07. The van der Waals surface area contributed by atoms with Gasteiger partial charge in [-0.15, -0.1) is 0 Å². The number of benzene rings is 1. The quantitative estimate of drug-likeness (QED) is 0.637. The molecule has 0 saturated carbocycles. The molecule has 0 aromatic heterocycles. The van der Waals surface area contributed by atoms with Gasteiger partial charge >= 0.3 is 5.97 Å². The fraction of sp³-hybridized carbons (Fsp3) is 0.438. The summed E-state index contributed by atoms with van der Waals surface area (Å²) in [6.07, 6.45) is 0.210. The molecule has 1 rings (SSSR count). The van der Waals surface area contributed by atoms with E-state index >= 15 is 0 Å². The average molecular weight is 338 g/mol. The molecule has 0 aliphatic heterocycles. The third-order valence-electron chi connectivity index (χ3n) is 3.02. The third kappa shape index (κ3) is 6.00. The Morgan fingerprint density at radius 2 is 2.00 bits per heavy atom. The van der Waals surface area contributed by atoms with Gasteiger partial charge in [-0.2, -0.15) is 5.26 Å². The molecule has 0 aliphatic rings. The van der Waals surface area contributed by atoms with Gasteiger partial charge in [-0.3, -0.25) is 4.79 Å². The van der Waals surface area contributed by atoms with Crippen molar-refractivity contribution < 1.29 is 18.8 Å². The van der Waals surface area contributed by atoms with E-state index in [1.54, 1.807) is 26.8 Å². The fourth-order valence-corrected chi connectivity index (χ4v) is 2.32. The van der Waals surface area contributed by atoms with Gasteiger partial charge in [0.2, 0.25) is 0 Å². The van der Waals surface area contributed by atoms with E-state index in [0.29, 0.717) is 11.3 Å². The summed E-state index contributed by atoms with van der Waals surface area (Å²) in [6, 6.07) is 7.21. The van der Waals surface area contributed by atoms with Crippen molar-refractivity contribution in [2.75, 3.05) is 0 Å². The number of carbonyl (C=O) groups is 1. The van der Waals surface area contributed by atoms with Crippen LogP contribution >= 0.6 is 0 Å². The molecule has 0 heterocycles. The Kier molecular flexibility index (Phi) is 6.73. The van der Waals surface area contributed by atoms with Crippen molar-refractivity contribution in [2.45, 2.75) is 38.4 Å². The lowest BCUT2D eigenvalue weighted by Gasteiger charge is -2.19. The number of aliphatic carboxylic acids is 1. The first-order chi connectivity index (χ1) is 10.6. The molecule has 1 aromatic rings. The standard InChI is InChI=1S/C16H19FN2O3S/c1-16(2,3)23(22)19-14(9-6-12(10-18)15(20)21)11-4-7-13(17)8-5-11/h4-5,7-8,12H,6,9H2,1-3H3,(H,20,21). The summed E-state index contributed by atoms with van der Waals surface area (Å²) < 4.78 is 28.9. The molecule has 0 radical (unpaired) electrons. The predicted molar refractivity (Wildman–Crippen MR) is 86.8 cm³/mol. The molecule has 124 valence electrons. The zero-order valence-electron chi connectivity index (χ0n) is 13.2. The highest BCUT2D eigenvalue weighted by Gasteiger charge is 2.28. The summed E-state index contributed by atoms with van der Waals surface area (Å²) in [6.45, 7) is 5.30. The number of nitrogens with zero attached hydrogens (tertiary/aromatic N) is 2. The summed E-state index contributed by atoms with van der Waals surface area (Å²) in [4.78, 5) is 10.9. The summed E-state index contributed by atoms with van der Waals surface area (Å²) >= 11 is -1.54. The molecule has 0 bridgehead atoms. The molecule has 1 N–H and O–H groups in total. The van der Waals surface area contributed by atoms with Crippen LogP contribution in [0, 0.1) is 23.1 Å². The van der Waals surface area contributed by atoms with Crippen LogP contribution < -0.4 is 0 Å². The van der Waals surface area contributed by atoms with Gasteiger partial charge in [0.1, 0.15) is 27.8 Å². The maximum atomic E-state index is 13.1. The number of hydrogen-bond acceptors (Lipinski definition) is 4. The molecular formula is C16H19FN2O3S. The minimum absolute atomic E-state index is 0.0450. The van der Waals surface area contributed by atoms with Crippen LogP contribution in [-0.4, -0.2) is 26.1 Å². The Hall–Kier alpha value is -1.91. The van der Waals surface area contributed by atoms with Gasteiger partial charge in [-0.25, -0.2) is 4.39 Å². The maximum absolute atomic E-state index is 13.1. The Bertz CT molecular complexity index is 618. The van der Waals surface area contributed by atoms with E-state index < -0.39 is 33.8 Å². The number of carboxylic acids is 1. The van der Waals surface area contributed by atoms with Gasteiger partial charge in [0.05, 0.1) is 11.8 Å². The van der Waals surface area contributed by atoms with Crippen molar-refractivity contribution in [3.05, 3.63) is 35.6 Å². The highest BCUT2D eigenvalue weighted by atomic mass is 32.2. The monoisotopic (exact) mass is 338 g/mol. The number of rotatable bonds is 6. The van der Waals surface area contributed by atoms with Crippen molar-refractivity contribution in [3.63, 3.8) is 0 Å². The topological polar surface area (TPSA) is 96.5 Å². The lowest BCUT2D eigenvalue weighted by Crippen LogP contribution is -2.27. The molecular weight excluding hydrogens is 319 g/mol. The molecule has 5 nitrogen and oxygen atoms in total. The number of halogens is 1. The van der Waals surface area contributed by atoms with Gasteiger partial charge in [0, 0.05) is 5.56 Å². The van der Waals surface area contributed by atoms with Crippen molar-refractivity contribution >= 4 is 23.0 Å². The molecule has 0 spiro atoms. The molecule has 23 heavy (non-hydrogen) atoms. The zero-order valence-corrected chi connectivity index (χ0v) is 14.1. The zero-order chi connectivity index (χ0) is 17.6. The molecule has 0 saturated heterocycles. The highest BCUT2D eigenvalue weighted by Crippen LogP contribution is 2.21. The summed E-state index contributed by atoms with van der Waals surface area (Å²) in [5.74, 6) is -2.78. The second-order valence-electron chi connectivity index (χ2n) is 5.97. The predicted octanol–water partition coefficient (Wildman–Crippen LogP) is 3.08. The van der Waals surface area contributed by atoms with Crippen molar-refractivity contribution in [2.24, 2.45) is 10.3 Å². The third-order valence-corrected chi connectivity index (χ3v) is 4.45. The lowest BCUT2D eigenvalue weighted by atomic mass is 9.99. The van der Waals surface area contributed by atoms with Crippen LogP contribution in [0.5, 0.6) is 0 Å². The number of nitriles is 1. The van der Waals surface area contributed by atoms with E-state index in [1.165, 1.54) is 24.3 Å². The molecule has 0 aliphatic carbocycles. The summed E-state index contributed by atoms with van der Waals surface area (Å²) in [5, 5.41) is 17.8. The minimum Gasteiger partial charge on any atom is -0.591 e. The van der Waals surface area contributed by atoms with Gasteiger partial charge in [0.25, 0.3) is 0 Å². The molecule has 1 aromatic carbocycles. The first-order valence-corrected chi connectivity index (χ1v) is 8.13. The van der Waals surface area contributed by atoms with E-state index in [0.717, 1.165) is 0 Å². The Labute approximate surface area is 138 Å². The van der Waals surface area contributed by atoms with Gasteiger partial charge in [0.15, 0.2) is 0 Å². The van der Waals surface area contributed by atoms with Crippen LogP contribution in [0.4, 0.5) is 4.39 Å². The van der Waals surface area contributed by atoms with Crippen molar-refractivity contribution in [3.8, 4) is 6.07 Å². The highest BCUT2D eigenvalue weighted by molar-refractivity contribution is 7.91. The maximum Gasteiger partial charge on any atom is 0.320 e. The lowest BCUT2D eigenvalue weighted by molar-refractivity contribution is -0.139. The van der Waals surface area contributed by atoms with Crippen LogP contribution in [0.3, 0.4) is 0 Å². The van der Waals surface area contributed by atoms with Gasteiger partial charge < -0.3 is 9.66 Å². The summed E-state index contributed by atoms with van der Waals surface area (Å²) in [7, 11) is 0. The molecule has 7 heteroatoms. The van der Waals surface area contributed by atoms with Crippen LogP contribution in [0.2, 0.25) is 0 Å². The van der Waals surface area contributed by atoms with E-state index in [4.69, 9.17) is 10.4 Å². The second kappa shape index (κ2) is 8.09. The SMILES string of the molecule is CC(C)(C)[S+]([O-])N=C(CCC(C#N)C(=O)O)c1ccc(F)cc1.